The highest BCUT2D eigenvalue weighted by molar-refractivity contribution is 6.03. The first-order chi connectivity index (χ1) is 16.1. The van der Waals surface area contributed by atoms with Crippen molar-refractivity contribution in [3.63, 3.8) is 0 Å². The van der Waals surface area contributed by atoms with Crippen LogP contribution in [-0.4, -0.2) is 38.7 Å². The molecule has 0 aliphatic carbocycles. The molecule has 1 atom stereocenters. The molecule has 3 aromatic carbocycles. The largest absolute Gasteiger partial charge is 0.497 e. The minimum Gasteiger partial charge on any atom is -0.497 e. The first-order valence-electron chi connectivity index (χ1n) is 10.6. The number of hydrogen-bond acceptors (Lipinski definition) is 6. The van der Waals surface area contributed by atoms with Crippen molar-refractivity contribution in [1.29, 1.82) is 0 Å². The van der Waals surface area contributed by atoms with Crippen LogP contribution in [0.25, 0.3) is 10.9 Å². The van der Waals surface area contributed by atoms with E-state index in [0.717, 1.165) is 27.3 Å². The average molecular weight is 439 g/mol. The molecule has 0 saturated carbocycles. The number of hydrazone groups is 1. The minimum atomic E-state index is -0.360. The molecule has 33 heavy (non-hydrogen) atoms. The van der Waals surface area contributed by atoms with Crippen LogP contribution >= 0.6 is 0 Å². The number of methoxy groups -OCH3 is 1. The first kappa shape index (κ1) is 20.6. The highest BCUT2D eigenvalue weighted by Gasteiger charge is 2.33. The Morgan fingerprint density at radius 3 is 2.48 bits per heavy atom. The smallest absolute Gasteiger partial charge is 0.278 e. The molecule has 0 spiro atoms. The molecule has 1 aliphatic rings. The summed E-state index contributed by atoms with van der Waals surface area (Å²) in [6, 6.07) is 24.0. The lowest BCUT2D eigenvalue weighted by Gasteiger charge is -2.22. The summed E-state index contributed by atoms with van der Waals surface area (Å²) < 4.78 is 6.35. The fourth-order valence-corrected chi connectivity index (χ4v) is 3.96. The molecule has 0 N–H and O–H groups in total. The fraction of sp³-hybridized carbons (Fsp3) is 0.160. The van der Waals surface area contributed by atoms with Crippen molar-refractivity contribution < 1.29 is 9.53 Å². The number of hydrogen-bond donors (Lipinski definition) is 0. The standard InChI is InChI=1S/C25H21N5O3/c1-33-19-13-11-18(12-14-19)23-15-22(17-7-3-2-4-8-17)27-30(23)24(31)16-29-25(32)20-9-5-6-10-21(20)26-28-29/h2-14,23H,15-16H2,1H3/t23-/m0/s1. The third-order valence-electron chi connectivity index (χ3n) is 5.69. The number of nitrogens with zero attached hydrogens (tertiary/aromatic N) is 5. The molecule has 0 unspecified atom stereocenters. The number of ether oxygens (including phenoxy) is 1. The summed E-state index contributed by atoms with van der Waals surface area (Å²) in [7, 11) is 1.61. The molecule has 1 aromatic heterocycles. The van der Waals surface area contributed by atoms with Gasteiger partial charge in [-0.1, -0.05) is 59.8 Å². The Balaban J connectivity index is 1.49. The van der Waals surface area contributed by atoms with Crippen LogP contribution < -0.4 is 10.3 Å². The van der Waals surface area contributed by atoms with Crippen LogP contribution in [0.4, 0.5) is 0 Å². The number of aromatic nitrogens is 3. The van der Waals surface area contributed by atoms with Gasteiger partial charge in [0, 0.05) is 6.42 Å². The van der Waals surface area contributed by atoms with Gasteiger partial charge in [-0.15, -0.1) is 5.10 Å². The summed E-state index contributed by atoms with van der Waals surface area (Å²) in [5.41, 5.74) is 2.82. The van der Waals surface area contributed by atoms with Crippen molar-refractivity contribution >= 4 is 22.5 Å². The second-order valence-corrected chi connectivity index (χ2v) is 7.71. The number of carbonyl (C=O) groups is 1. The SMILES string of the molecule is COc1ccc([C@@H]2CC(c3ccccc3)=NN2C(=O)Cn2nnc3ccccc3c2=O)cc1. The van der Waals surface area contributed by atoms with Crippen LogP contribution in [0.2, 0.25) is 0 Å². The van der Waals surface area contributed by atoms with Gasteiger partial charge in [0.05, 0.1) is 24.2 Å². The van der Waals surface area contributed by atoms with E-state index in [4.69, 9.17) is 4.74 Å². The molecular weight excluding hydrogens is 418 g/mol. The van der Waals surface area contributed by atoms with Gasteiger partial charge < -0.3 is 4.74 Å². The lowest BCUT2D eigenvalue weighted by atomic mass is 9.98. The van der Waals surface area contributed by atoms with E-state index in [1.54, 1.807) is 31.4 Å². The van der Waals surface area contributed by atoms with Gasteiger partial charge in [-0.2, -0.15) is 5.10 Å². The Labute approximate surface area is 189 Å². The Hall–Kier alpha value is -4.33. The summed E-state index contributed by atoms with van der Waals surface area (Å²) in [6.07, 6.45) is 0.556. The van der Waals surface area contributed by atoms with Crippen LogP contribution in [-0.2, 0) is 11.3 Å². The lowest BCUT2D eigenvalue weighted by molar-refractivity contribution is -0.134. The molecule has 5 rings (SSSR count). The van der Waals surface area contributed by atoms with Crippen molar-refractivity contribution in [3.8, 4) is 5.75 Å². The molecule has 0 bridgehead atoms. The summed E-state index contributed by atoms with van der Waals surface area (Å²) in [6.45, 7) is -0.255. The molecule has 8 heteroatoms. The molecular formula is C25H21N5O3. The van der Waals surface area contributed by atoms with E-state index in [2.05, 4.69) is 15.4 Å². The maximum Gasteiger partial charge on any atom is 0.278 e. The zero-order valence-electron chi connectivity index (χ0n) is 18.0. The molecule has 0 radical (unpaired) electrons. The quantitative estimate of drug-likeness (QED) is 0.477. The zero-order valence-corrected chi connectivity index (χ0v) is 18.0. The highest BCUT2D eigenvalue weighted by atomic mass is 16.5. The normalized spacial score (nSPS) is 15.5. The van der Waals surface area contributed by atoms with Gasteiger partial charge in [-0.3, -0.25) is 9.59 Å². The molecule has 8 nitrogen and oxygen atoms in total. The zero-order chi connectivity index (χ0) is 22.8. The monoisotopic (exact) mass is 439 g/mol. The van der Waals surface area contributed by atoms with Gasteiger partial charge in [-0.25, -0.2) is 9.69 Å². The average Bonchev–Trinajstić information content (AvgIpc) is 3.32. The van der Waals surface area contributed by atoms with Crippen LogP contribution in [0.5, 0.6) is 5.75 Å². The molecule has 2 heterocycles. The number of fused-ring (bicyclic) bond motifs is 1. The summed E-state index contributed by atoms with van der Waals surface area (Å²) in [5, 5.41) is 14.6. The fourth-order valence-electron chi connectivity index (χ4n) is 3.96. The third kappa shape index (κ3) is 3.98. The second kappa shape index (κ2) is 8.66. The first-order valence-corrected chi connectivity index (χ1v) is 10.6. The van der Waals surface area contributed by atoms with Crippen molar-refractivity contribution in [1.82, 2.24) is 20.0 Å². The predicted molar refractivity (Wildman–Crippen MR) is 124 cm³/mol. The Morgan fingerprint density at radius 1 is 1.00 bits per heavy atom. The summed E-state index contributed by atoms with van der Waals surface area (Å²) >= 11 is 0. The number of benzene rings is 3. The predicted octanol–water partition coefficient (Wildman–Crippen LogP) is 3.18. The molecule has 1 aliphatic heterocycles. The Morgan fingerprint density at radius 2 is 1.73 bits per heavy atom. The van der Waals surface area contributed by atoms with Crippen LogP contribution in [0.15, 0.2) is 88.8 Å². The summed E-state index contributed by atoms with van der Waals surface area (Å²) in [5.74, 6) is 0.394. The maximum absolute atomic E-state index is 13.4. The molecule has 164 valence electrons. The Bertz CT molecular complexity index is 1400. The van der Waals surface area contributed by atoms with E-state index in [9.17, 15) is 9.59 Å². The van der Waals surface area contributed by atoms with E-state index < -0.39 is 0 Å². The van der Waals surface area contributed by atoms with Crippen LogP contribution in [0.1, 0.15) is 23.6 Å². The third-order valence-corrected chi connectivity index (χ3v) is 5.69. The minimum absolute atomic E-state index is 0.255. The van der Waals surface area contributed by atoms with Gasteiger partial charge in [0.25, 0.3) is 11.5 Å². The molecule has 4 aromatic rings. The Kier molecular flexibility index (Phi) is 5.40. The highest BCUT2D eigenvalue weighted by Crippen LogP contribution is 2.33. The summed E-state index contributed by atoms with van der Waals surface area (Å²) in [4.78, 5) is 26.2. The number of amides is 1. The van der Waals surface area contributed by atoms with E-state index in [1.807, 2.05) is 54.6 Å². The van der Waals surface area contributed by atoms with Crippen LogP contribution in [0.3, 0.4) is 0 Å². The maximum atomic E-state index is 13.4. The molecule has 1 amide bonds. The van der Waals surface area contributed by atoms with E-state index in [0.29, 0.717) is 17.3 Å². The van der Waals surface area contributed by atoms with E-state index >= 15 is 0 Å². The van der Waals surface area contributed by atoms with Gasteiger partial charge >= 0.3 is 0 Å². The van der Waals surface area contributed by atoms with Crippen molar-refractivity contribution in [3.05, 3.63) is 100 Å². The topological polar surface area (TPSA) is 89.7 Å². The van der Waals surface area contributed by atoms with Crippen molar-refractivity contribution in [2.75, 3.05) is 7.11 Å². The van der Waals surface area contributed by atoms with Crippen molar-refractivity contribution in [2.45, 2.75) is 19.0 Å². The second-order valence-electron chi connectivity index (χ2n) is 7.71. The van der Waals surface area contributed by atoms with E-state index in [-0.39, 0.29) is 24.1 Å². The van der Waals surface area contributed by atoms with Gasteiger partial charge in [0.15, 0.2) is 0 Å². The number of rotatable bonds is 5. The van der Waals surface area contributed by atoms with Gasteiger partial charge in [0.2, 0.25) is 0 Å². The van der Waals surface area contributed by atoms with Crippen molar-refractivity contribution in [2.24, 2.45) is 5.10 Å². The van der Waals surface area contributed by atoms with Gasteiger partial charge in [-0.05, 0) is 35.4 Å². The lowest BCUT2D eigenvalue weighted by Crippen LogP contribution is -2.35. The van der Waals surface area contributed by atoms with Crippen LogP contribution in [0, 0.1) is 0 Å². The van der Waals surface area contributed by atoms with E-state index in [1.165, 1.54) is 5.01 Å². The van der Waals surface area contributed by atoms with Gasteiger partial charge in [0.1, 0.15) is 17.8 Å². The number of carbonyl (C=O) groups excluding carboxylic acids is 1. The molecule has 0 fully saturated rings. The molecule has 0 saturated heterocycles.